The molecular formula is C97H148F6O9. The number of allylic oxidation sites excluding steroid dienone is 1. The van der Waals surface area contributed by atoms with Crippen LogP contribution in [0.5, 0.6) is 17.2 Å². The lowest BCUT2D eigenvalue weighted by molar-refractivity contribution is -0.203. The van der Waals surface area contributed by atoms with E-state index in [0.717, 1.165) is 109 Å². The molecule has 0 heterocycles. The van der Waals surface area contributed by atoms with Gasteiger partial charge in [0.2, 0.25) is 0 Å². The second kappa shape index (κ2) is 34.1. The fourth-order valence-corrected chi connectivity index (χ4v) is 31.2. The summed E-state index contributed by atoms with van der Waals surface area (Å²) in [5.74, 6) is 1.57. The van der Waals surface area contributed by atoms with Crippen molar-refractivity contribution in [2.45, 2.75) is 326 Å². The molecule has 0 bridgehead atoms. The number of phenols is 3. The Hall–Kier alpha value is -3.86. The molecule has 0 aromatic heterocycles. The molecule has 12 aliphatic rings. The van der Waals surface area contributed by atoms with Crippen LogP contribution in [0.15, 0.2) is 42.5 Å². The van der Waals surface area contributed by atoms with Crippen molar-refractivity contribution in [2.75, 3.05) is 0 Å². The van der Waals surface area contributed by atoms with Crippen LogP contribution in [0.25, 0.3) is 6.08 Å². The third-order valence-electron chi connectivity index (χ3n) is 36.7. The molecule has 3 aromatic carbocycles. The van der Waals surface area contributed by atoms with Gasteiger partial charge in [0.1, 0.15) is 0 Å². The summed E-state index contributed by atoms with van der Waals surface area (Å²) in [6.45, 7) is 28.6. The number of phenolic OH excluding ortho intramolecular Hbond substituents is 3. The zero-order valence-electron chi connectivity index (χ0n) is 69.4. The van der Waals surface area contributed by atoms with E-state index in [2.05, 4.69) is 83.1 Å². The molecule has 0 saturated heterocycles. The summed E-state index contributed by atoms with van der Waals surface area (Å²) < 4.78 is 82.5. The first-order valence-corrected chi connectivity index (χ1v) is 44.8. The maximum Gasteiger partial charge on any atom is 0.187 e. The number of aryl methyl sites for hydroxylation is 2. The predicted octanol–water partition coefficient (Wildman–Crippen LogP) is 22.7. The molecule has 0 spiro atoms. The van der Waals surface area contributed by atoms with Gasteiger partial charge < -0.3 is 46.0 Å². The standard InChI is InChI=1S/2C32H48F2O3.C32H46F2O3.CH4.H2/c3*1-5-21-25-17-20(35)11-13-32(25,4)24-12-14-31(3)22(9-10-23(31)28(24)29(21)36)18(2)7-6-8-19-15-26(33)30(37)27(34)16-19;;/h2*15-16,18,20-25,28-29,35-37H,5-14,17H2,1-4H3;6,8,15-16,18,20-25,28-29,35-37H,5,7,9-14,17H2,1-4H3;1H4;1H/t3*18-,20-,21-,22-,23+,24+,25+,28+,29-,31-,32-;;/m111../s1. The molecule has 0 radical (unpaired) electrons. The second-order valence-electron chi connectivity index (χ2n) is 41.4. The van der Waals surface area contributed by atoms with Crippen molar-refractivity contribution < 1.29 is 73.7 Å². The summed E-state index contributed by atoms with van der Waals surface area (Å²) in [6.07, 6.45) is 33.9. The number of aromatic hydroxyl groups is 3. The van der Waals surface area contributed by atoms with Gasteiger partial charge in [-0.05, 0) is 377 Å². The van der Waals surface area contributed by atoms with Crippen LogP contribution in [0.4, 0.5) is 26.3 Å². The van der Waals surface area contributed by atoms with E-state index < -0.39 is 52.2 Å². The van der Waals surface area contributed by atoms with Gasteiger partial charge in [0.25, 0.3) is 0 Å². The average Bonchev–Trinajstić information content (AvgIpc) is 1.70. The normalized spacial score (nSPS) is 43.8. The lowest BCUT2D eigenvalue weighted by Gasteiger charge is -2.64. The van der Waals surface area contributed by atoms with Gasteiger partial charge >= 0.3 is 0 Å². The largest absolute Gasteiger partial charge is 0.503 e. The molecule has 3 aromatic rings. The Labute approximate surface area is 670 Å². The van der Waals surface area contributed by atoms with E-state index in [4.69, 9.17) is 0 Å². The van der Waals surface area contributed by atoms with Crippen LogP contribution < -0.4 is 0 Å². The van der Waals surface area contributed by atoms with Gasteiger partial charge in [0, 0.05) is 1.43 Å². The van der Waals surface area contributed by atoms with Crippen molar-refractivity contribution in [1.82, 2.24) is 0 Å². The zero-order chi connectivity index (χ0) is 80.1. The Morgan fingerprint density at radius 1 is 0.375 bits per heavy atom. The van der Waals surface area contributed by atoms with Gasteiger partial charge in [-0.2, -0.15) is 0 Å². The SMILES string of the molecule is C.CC[C@H]1[C@@H](O)[C@@H]2[C@H](CC[C@]3(C)[C@@H]([C@H](C)CC=Cc4cc(F)c(O)c(F)c4)CC[C@@H]23)[C@@]2(C)CC[C@@H](O)C[C@@H]12.CC[C@H]1[C@@H](O)[C@@H]2[C@H](CC[C@]3(C)[C@@H]([C@H](C)CCCc4cc(F)c(O)c(F)c4)CC[C@@H]23)[C@@]2(C)CC[C@@H](O)C[C@@H]12.CC[C@H]1[C@@H](O)[C@@H]2[C@H](CC[C@]3(C)[C@@H]([C@H](C)CCCc4cc(F)c(O)c(F)c4)CC[C@@H]23)[C@@]2(C)CC[C@@H](O)C[C@@H]12.[HH]. The molecule has 15 heteroatoms. The molecule has 9 nitrogen and oxygen atoms in total. The van der Waals surface area contributed by atoms with Crippen molar-refractivity contribution in [2.24, 2.45) is 157 Å². The molecule has 0 amide bonds. The number of benzene rings is 3. The van der Waals surface area contributed by atoms with E-state index in [1.54, 1.807) is 6.08 Å². The van der Waals surface area contributed by atoms with Crippen LogP contribution in [0.3, 0.4) is 0 Å². The summed E-state index contributed by atoms with van der Waals surface area (Å²) in [5.41, 5.74) is 2.95. The smallest absolute Gasteiger partial charge is 0.187 e. The summed E-state index contributed by atoms with van der Waals surface area (Å²) in [6, 6.07) is 7.35. The molecule has 9 N–H and O–H groups in total. The van der Waals surface area contributed by atoms with Gasteiger partial charge in [-0.1, -0.05) is 135 Å². The number of aliphatic hydroxyl groups excluding tert-OH is 6. The molecular weight excluding hydrogens is 1420 g/mol. The number of hydrogen-bond acceptors (Lipinski definition) is 9. The maximum absolute atomic E-state index is 13.8. The maximum atomic E-state index is 13.8. The van der Waals surface area contributed by atoms with Crippen molar-refractivity contribution in [3.05, 3.63) is 94.1 Å². The average molecular weight is 1570 g/mol. The molecule has 632 valence electrons. The highest BCUT2D eigenvalue weighted by Crippen LogP contribution is 2.74. The lowest BCUT2D eigenvalue weighted by Crippen LogP contribution is -2.62. The third-order valence-corrected chi connectivity index (χ3v) is 36.7. The van der Waals surface area contributed by atoms with Gasteiger partial charge in [-0.25, -0.2) is 26.3 Å². The van der Waals surface area contributed by atoms with Crippen LogP contribution in [-0.2, 0) is 12.8 Å². The van der Waals surface area contributed by atoms with Gasteiger partial charge in [0.05, 0.1) is 36.6 Å². The van der Waals surface area contributed by atoms with E-state index in [0.29, 0.717) is 136 Å². The summed E-state index contributed by atoms with van der Waals surface area (Å²) in [7, 11) is 0. The van der Waals surface area contributed by atoms with Crippen molar-refractivity contribution in [3.8, 4) is 17.2 Å². The topological polar surface area (TPSA) is 182 Å². The number of fused-ring (bicyclic) bond motifs is 15. The third kappa shape index (κ3) is 15.5. The van der Waals surface area contributed by atoms with Crippen LogP contribution in [0.2, 0.25) is 0 Å². The Morgan fingerprint density at radius 3 is 0.938 bits per heavy atom. The summed E-state index contributed by atoms with van der Waals surface area (Å²) >= 11 is 0. The van der Waals surface area contributed by atoms with E-state index in [9.17, 15) is 72.3 Å². The van der Waals surface area contributed by atoms with E-state index >= 15 is 0 Å². The van der Waals surface area contributed by atoms with Crippen molar-refractivity contribution in [3.63, 3.8) is 0 Å². The molecule has 33 atom stereocenters. The number of halogens is 6. The molecule has 0 aliphatic heterocycles. The highest BCUT2D eigenvalue weighted by molar-refractivity contribution is 5.51. The number of hydrogen-bond donors (Lipinski definition) is 9. The predicted molar refractivity (Wildman–Crippen MR) is 435 cm³/mol. The molecule has 12 fully saturated rings. The van der Waals surface area contributed by atoms with E-state index in [-0.39, 0.29) is 95.7 Å². The Bertz CT molecular complexity index is 3520. The lowest BCUT2D eigenvalue weighted by atomic mass is 9.41. The van der Waals surface area contributed by atoms with Crippen LogP contribution in [0, 0.1) is 192 Å². The minimum atomic E-state index is -0.935. The van der Waals surface area contributed by atoms with Crippen molar-refractivity contribution >= 4 is 6.08 Å². The van der Waals surface area contributed by atoms with Gasteiger partial charge in [-0.15, -0.1) is 0 Å². The molecule has 0 unspecified atom stereocenters. The number of aliphatic hydroxyl groups is 6. The quantitative estimate of drug-likeness (QED) is 0.0594. The molecule has 12 saturated carbocycles. The first kappa shape index (κ1) is 87.5. The van der Waals surface area contributed by atoms with Crippen molar-refractivity contribution in [1.29, 1.82) is 0 Å². The molecule has 112 heavy (non-hydrogen) atoms. The van der Waals surface area contributed by atoms with E-state index in [1.165, 1.54) is 113 Å². The number of rotatable bonds is 17. The van der Waals surface area contributed by atoms with Gasteiger partial charge in [0.15, 0.2) is 52.2 Å². The van der Waals surface area contributed by atoms with Crippen LogP contribution in [-0.4, -0.2) is 82.6 Å². The highest BCUT2D eigenvalue weighted by Gasteiger charge is 2.69. The monoisotopic (exact) mass is 1570 g/mol. The Balaban J connectivity index is 0.000000166. The highest BCUT2D eigenvalue weighted by atomic mass is 19.2. The minimum absolute atomic E-state index is 0. The van der Waals surface area contributed by atoms with Gasteiger partial charge in [-0.3, -0.25) is 0 Å². The first-order valence-electron chi connectivity index (χ1n) is 44.8. The van der Waals surface area contributed by atoms with E-state index in [1.807, 2.05) is 6.08 Å². The summed E-state index contributed by atoms with van der Waals surface area (Å²) in [4.78, 5) is 0. The second-order valence-corrected chi connectivity index (χ2v) is 41.4. The summed E-state index contributed by atoms with van der Waals surface area (Å²) in [5, 5.41) is 95.2. The minimum Gasteiger partial charge on any atom is -0.503 e. The molecule has 12 aliphatic carbocycles. The first-order chi connectivity index (χ1) is 52.5. The Kier molecular flexibility index (Phi) is 26.6. The van der Waals surface area contributed by atoms with Crippen LogP contribution in [0.1, 0.15) is 295 Å². The zero-order valence-corrected chi connectivity index (χ0v) is 69.4. The Morgan fingerprint density at radius 2 is 0.643 bits per heavy atom. The fraction of sp³-hybridized carbons (Fsp3) is 0.794. The fourth-order valence-electron chi connectivity index (χ4n) is 31.2. The van der Waals surface area contributed by atoms with Crippen LogP contribution >= 0.6 is 0 Å². The molecule has 15 rings (SSSR count).